The Hall–Kier alpha value is -3.50. The third-order valence-electron chi connectivity index (χ3n) is 3.36. The Balaban J connectivity index is 1.69. The quantitative estimate of drug-likeness (QED) is 0.508. The summed E-state index contributed by atoms with van der Waals surface area (Å²) in [5, 5.41) is 15.9. The Morgan fingerprint density at radius 1 is 1.31 bits per heavy atom. The van der Waals surface area contributed by atoms with Gasteiger partial charge in [-0.2, -0.15) is 19.0 Å². The molecule has 9 nitrogen and oxygen atoms in total. The van der Waals surface area contributed by atoms with E-state index in [0.717, 1.165) is 5.01 Å². The molecule has 26 heavy (non-hydrogen) atoms. The number of benzene rings is 1. The van der Waals surface area contributed by atoms with E-state index in [0.29, 0.717) is 11.1 Å². The zero-order valence-electron chi connectivity index (χ0n) is 13.7. The predicted molar refractivity (Wildman–Crippen MR) is 85.4 cm³/mol. The van der Waals surface area contributed by atoms with Crippen molar-refractivity contribution in [3.05, 3.63) is 47.9 Å². The van der Waals surface area contributed by atoms with E-state index >= 15 is 0 Å². The van der Waals surface area contributed by atoms with Crippen LogP contribution >= 0.6 is 0 Å². The average molecular weight is 361 g/mol. The van der Waals surface area contributed by atoms with Crippen LogP contribution in [-0.2, 0) is 7.05 Å². The first-order chi connectivity index (χ1) is 12.5. The van der Waals surface area contributed by atoms with E-state index in [4.69, 9.17) is 4.42 Å². The van der Waals surface area contributed by atoms with Crippen LogP contribution in [0.3, 0.4) is 0 Å². The largest absolute Gasteiger partial charge is 0.415 e. The SMILES string of the molecule is CN(/N=C/c1ccc(-c2nnc(C(F)F)o2)cc1)C(=O)c1ncnn1C. The summed E-state index contributed by atoms with van der Waals surface area (Å²) < 4.78 is 31.2. The monoisotopic (exact) mass is 361 g/mol. The molecule has 2 heterocycles. The highest BCUT2D eigenvalue weighted by Crippen LogP contribution is 2.23. The van der Waals surface area contributed by atoms with E-state index in [1.807, 2.05) is 0 Å². The van der Waals surface area contributed by atoms with Crippen molar-refractivity contribution in [1.29, 1.82) is 0 Å². The normalized spacial score (nSPS) is 11.4. The highest BCUT2D eigenvalue weighted by molar-refractivity contribution is 5.91. The van der Waals surface area contributed by atoms with Gasteiger partial charge in [0.2, 0.25) is 11.7 Å². The molecule has 0 fully saturated rings. The van der Waals surface area contributed by atoms with Gasteiger partial charge < -0.3 is 4.42 Å². The second-order valence-electron chi connectivity index (χ2n) is 5.15. The number of nitrogens with zero attached hydrogens (tertiary/aromatic N) is 7. The number of carbonyl (C=O) groups is 1. The van der Waals surface area contributed by atoms with Gasteiger partial charge in [-0.25, -0.2) is 14.7 Å². The van der Waals surface area contributed by atoms with Gasteiger partial charge in [-0.1, -0.05) is 12.1 Å². The van der Waals surface area contributed by atoms with E-state index in [9.17, 15) is 13.6 Å². The maximum atomic E-state index is 12.5. The molecule has 0 aliphatic rings. The van der Waals surface area contributed by atoms with Gasteiger partial charge in [0.1, 0.15) is 6.33 Å². The summed E-state index contributed by atoms with van der Waals surface area (Å²) in [6.07, 6.45) is -0.0682. The van der Waals surface area contributed by atoms with Gasteiger partial charge in [-0.15, -0.1) is 10.2 Å². The molecule has 0 spiro atoms. The summed E-state index contributed by atoms with van der Waals surface area (Å²) in [4.78, 5) is 16.0. The molecule has 0 saturated carbocycles. The molecule has 0 aliphatic carbocycles. The van der Waals surface area contributed by atoms with Crippen molar-refractivity contribution in [3.63, 3.8) is 0 Å². The molecule has 0 aliphatic heterocycles. The zero-order chi connectivity index (χ0) is 18.7. The van der Waals surface area contributed by atoms with Crippen LogP contribution in [0.5, 0.6) is 0 Å². The summed E-state index contributed by atoms with van der Waals surface area (Å²) in [6, 6.07) is 6.58. The molecule has 11 heteroatoms. The van der Waals surface area contributed by atoms with Gasteiger partial charge in [0.05, 0.1) is 6.21 Å². The van der Waals surface area contributed by atoms with E-state index < -0.39 is 18.2 Å². The van der Waals surface area contributed by atoms with Gasteiger partial charge in [-0.3, -0.25) is 4.79 Å². The molecule has 0 bridgehead atoms. The summed E-state index contributed by atoms with van der Waals surface area (Å²) in [7, 11) is 3.10. The van der Waals surface area contributed by atoms with Crippen LogP contribution in [0.15, 0.2) is 40.1 Å². The number of rotatable bonds is 5. The van der Waals surface area contributed by atoms with E-state index in [1.165, 1.54) is 24.3 Å². The number of hydrogen-bond donors (Lipinski definition) is 0. The highest BCUT2D eigenvalue weighted by Gasteiger charge is 2.17. The maximum absolute atomic E-state index is 12.5. The van der Waals surface area contributed by atoms with E-state index in [1.54, 1.807) is 31.3 Å². The summed E-state index contributed by atoms with van der Waals surface area (Å²) in [5.41, 5.74) is 1.17. The minimum absolute atomic E-state index is 0.00151. The van der Waals surface area contributed by atoms with Crippen molar-refractivity contribution in [1.82, 2.24) is 30.0 Å². The minimum Gasteiger partial charge on any atom is -0.415 e. The second-order valence-corrected chi connectivity index (χ2v) is 5.15. The Labute approximate surface area is 146 Å². The number of carbonyl (C=O) groups excluding carboxylic acids is 1. The van der Waals surface area contributed by atoms with Crippen LogP contribution in [-0.4, -0.2) is 49.1 Å². The Morgan fingerprint density at radius 2 is 2.04 bits per heavy atom. The molecule has 134 valence electrons. The first-order valence-electron chi connectivity index (χ1n) is 7.33. The third kappa shape index (κ3) is 3.61. The number of aromatic nitrogens is 5. The molecule has 1 aromatic carbocycles. The van der Waals surface area contributed by atoms with Gasteiger partial charge in [0.25, 0.3) is 5.89 Å². The molecule has 2 aromatic heterocycles. The molecule has 0 unspecified atom stereocenters. The van der Waals surface area contributed by atoms with Crippen LogP contribution in [0.25, 0.3) is 11.5 Å². The lowest BCUT2D eigenvalue weighted by Gasteiger charge is -2.09. The minimum atomic E-state index is -2.82. The summed E-state index contributed by atoms with van der Waals surface area (Å²) in [6.45, 7) is 0. The zero-order valence-corrected chi connectivity index (χ0v) is 13.7. The first-order valence-corrected chi connectivity index (χ1v) is 7.33. The lowest BCUT2D eigenvalue weighted by Crippen LogP contribution is -2.24. The smallest absolute Gasteiger partial charge is 0.314 e. The van der Waals surface area contributed by atoms with Crippen LogP contribution < -0.4 is 0 Å². The number of hydrogen-bond acceptors (Lipinski definition) is 7. The second kappa shape index (κ2) is 7.17. The molecule has 1 amide bonds. The molecule has 0 radical (unpaired) electrons. The highest BCUT2D eigenvalue weighted by atomic mass is 19.3. The van der Waals surface area contributed by atoms with Crippen molar-refractivity contribution >= 4 is 12.1 Å². The van der Waals surface area contributed by atoms with Gasteiger partial charge in [0, 0.05) is 19.7 Å². The number of aryl methyl sites for hydroxylation is 1. The fourth-order valence-corrected chi connectivity index (χ4v) is 1.99. The van der Waals surface area contributed by atoms with Crippen LogP contribution in [0.2, 0.25) is 0 Å². The van der Waals surface area contributed by atoms with Crippen molar-refractivity contribution in [2.24, 2.45) is 12.1 Å². The van der Waals surface area contributed by atoms with Gasteiger partial charge in [-0.05, 0) is 17.7 Å². The van der Waals surface area contributed by atoms with E-state index in [2.05, 4.69) is 25.4 Å². The van der Waals surface area contributed by atoms with Crippen molar-refractivity contribution < 1.29 is 18.0 Å². The van der Waals surface area contributed by atoms with Crippen LogP contribution in [0.4, 0.5) is 8.78 Å². The predicted octanol–water partition coefficient (Wildman–Crippen LogP) is 1.91. The molecular weight excluding hydrogens is 348 g/mol. The topological polar surface area (TPSA) is 102 Å². The first kappa shape index (κ1) is 17.3. The molecule has 3 rings (SSSR count). The fraction of sp³-hybridized carbons (Fsp3) is 0.200. The van der Waals surface area contributed by atoms with E-state index in [-0.39, 0.29) is 11.7 Å². The number of hydrazone groups is 1. The van der Waals surface area contributed by atoms with Crippen molar-refractivity contribution in [2.75, 3.05) is 7.05 Å². The summed E-state index contributed by atoms with van der Waals surface area (Å²) >= 11 is 0. The maximum Gasteiger partial charge on any atom is 0.314 e. The molecule has 0 N–H and O–H groups in total. The standard InChI is InChI=1S/C15H13F2N7O2/c1-23-12(18-8-20-23)15(25)24(2)19-7-9-3-5-10(6-4-9)13-21-22-14(26-13)11(16)17/h3-8,11H,1-2H3/b19-7+. The number of halogens is 2. The summed E-state index contributed by atoms with van der Waals surface area (Å²) in [5.74, 6) is -0.984. The van der Waals surface area contributed by atoms with Crippen molar-refractivity contribution in [2.45, 2.75) is 6.43 Å². The fourth-order valence-electron chi connectivity index (χ4n) is 1.99. The lowest BCUT2D eigenvalue weighted by molar-refractivity contribution is 0.0783. The third-order valence-corrected chi connectivity index (χ3v) is 3.36. The number of alkyl halides is 2. The van der Waals surface area contributed by atoms with Crippen LogP contribution in [0.1, 0.15) is 28.5 Å². The molecule has 0 saturated heterocycles. The average Bonchev–Trinajstić information content (AvgIpc) is 3.28. The Morgan fingerprint density at radius 3 is 2.62 bits per heavy atom. The van der Waals surface area contributed by atoms with Crippen LogP contribution in [0, 0.1) is 0 Å². The lowest BCUT2D eigenvalue weighted by atomic mass is 10.1. The number of amides is 1. The molecule has 0 atom stereocenters. The molecular formula is C15H13F2N7O2. The molecule has 3 aromatic rings. The Bertz CT molecular complexity index is 934. The van der Waals surface area contributed by atoms with Gasteiger partial charge >= 0.3 is 12.3 Å². The van der Waals surface area contributed by atoms with Gasteiger partial charge in [0.15, 0.2) is 0 Å². The Kier molecular flexibility index (Phi) is 4.78. The van der Waals surface area contributed by atoms with Crippen molar-refractivity contribution in [3.8, 4) is 11.5 Å².